The molecule has 4 rings (SSSR count). The molecule has 0 aliphatic carbocycles. The molecule has 2 heterocycles. The van der Waals surface area contributed by atoms with E-state index in [0.29, 0.717) is 6.42 Å². The highest BCUT2D eigenvalue weighted by atomic mass is 16.4. The quantitative estimate of drug-likeness (QED) is 0.733. The van der Waals surface area contributed by atoms with E-state index in [1.807, 2.05) is 0 Å². The maximum Gasteiger partial charge on any atom is 0.312 e. The maximum atomic E-state index is 11.6. The SMILES string of the molecule is Cc1ccc(-c2cc3n(c2-c2ccc(C)cc2)CCC3C(=O)O)cc1. The normalized spacial score (nSPS) is 16.0. The van der Waals surface area contributed by atoms with E-state index in [4.69, 9.17) is 0 Å². The first-order valence-electron chi connectivity index (χ1n) is 8.65. The van der Waals surface area contributed by atoms with E-state index in [0.717, 1.165) is 34.6 Å². The molecule has 1 atom stereocenters. The van der Waals surface area contributed by atoms with Crippen LogP contribution in [0.4, 0.5) is 0 Å². The highest BCUT2D eigenvalue weighted by Crippen LogP contribution is 2.42. The Morgan fingerprint density at radius 2 is 1.52 bits per heavy atom. The predicted octanol–water partition coefficient (Wildman–Crippen LogP) is 5.01. The Hall–Kier alpha value is -2.81. The van der Waals surface area contributed by atoms with Gasteiger partial charge in [-0.05, 0) is 37.5 Å². The fourth-order valence-corrected chi connectivity index (χ4v) is 3.73. The number of carbonyl (C=O) groups is 1. The molecule has 0 saturated heterocycles. The zero-order chi connectivity index (χ0) is 17.6. The van der Waals surface area contributed by atoms with Gasteiger partial charge < -0.3 is 9.67 Å². The number of fused-ring (bicyclic) bond motifs is 1. The van der Waals surface area contributed by atoms with Crippen LogP contribution in [0.1, 0.15) is 29.2 Å². The van der Waals surface area contributed by atoms with Crippen molar-refractivity contribution in [2.45, 2.75) is 32.7 Å². The van der Waals surface area contributed by atoms with E-state index < -0.39 is 11.9 Å². The average molecular weight is 331 g/mol. The number of carboxylic acids is 1. The Balaban J connectivity index is 1.94. The first kappa shape index (κ1) is 15.7. The molecule has 1 aromatic heterocycles. The van der Waals surface area contributed by atoms with Crippen LogP contribution in [0.3, 0.4) is 0 Å². The van der Waals surface area contributed by atoms with Crippen LogP contribution in [0.5, 0.6) is 0 Å². The summed E-state index contributed by atoms with van der Waals surface area (Å²) in [6, 6.07) is 19.0. The lowest BCUT2D eigenvalue weighted by Gasteiger charge is -2.11. The van der Waals surface area contributed by atoms with Gasteiger partial charge in [0, 0.05) is 17.8 Å². The smallest absolute Gasteiger partial charge is 0.312 e. The maximum absolute atomic E-state index is 11.6. The minimum absolute atomic E-state index is 0.414. The fraction of sp³-hybridized carbons (Fsp3) is 0.227. The molecule has 0 saturated carbocycles. The first-order chi connectivity index (χ1) is 12.0. The summed E-state index contributed by atoms with van der Waals surface area (Å²) in [6.07, 6.45) is 0.664. The van der Waals surface area contributed by atoms with Gasteiger partial charge in [0.1, 0.15) is 0 Å². The van der Waals surface area contributed by atoms with Crippen molar-refractivity contribution in [1.29, 1.82) is 0 Å². The van der Waals surface area contributed by atoms with E-state index in [1.165, 1.54) is 11.1 Å². The molecule has 0 amide bonds. The van der Waals surface area contributed by atoms with E-state index in [1.54, 1.807) is 0 Å². The van der Waals surface area contributed by atoms with Crippen molar-refractivity contribution in [3.8, 4) is 22.4 Å². The number of hydrogen-bond acceptors (Lipinski definition) is 1. The van der Waals surface area contributed by atoms with E-state index in [9.17, 15) is 9.90 Å². The largest absolute Gasteiger partial charge is 0.481 e. The summed E-state index contributed by atoms with van der Waals surface area (Å²) in [5.74, 6) is -1.15. The second kappa shape index (κ2) is 5.92. The number of aryl methyl sites for hydroxylation is 2. The van der Waals surface area contributed by atoms with Crippen LogP contribution < -0.4 is 0 Å². The summed E-state index contributed by atoms with van der Waals surface area (Å²) in [4.78, 5) is 11.6. The summed E-state index contributed by atoms with van der Waals surface area (Å²) in [5, 5.41) is 9.56. The molecule has 1 aliphatic heterocycles. The van der Waals surface area contributed by atoms with Gasteiger partial charge in [-0.1, -0.05) is 59.7 Å². The minimum atomic E-state index is -0.734. The zero-order valence-corrected chi connectivity index (χ0v) is 14.5. The highest BCUT2D eigenvalue weighted by Gasteiger charge is 2.32. The van der Waals surface area contributed by atoms with Gasteiger partial charge in [0.2, 0.25) is 0 Å². The molecule has 1 unspecified atom stereocenters. The number of hydrogen-bond donors (Lipinski definition) is 1. The number of aliphatic carboxylic acids is 1. The van der Waals surface area contributed by atoms with Crippen LogP contribution in [0, 0.1) is 13.8 Å². The van der Waals surface area contributed by atoms with Gasteiger partial charge >= 0.3 is 5.97 Å². The average Bonchev–Trinajstić information content (AvgIpc) is 3.15. The number of benzene rings is 2. The van der Waals surface area contributed by atoms with Crippen molar-refractivity contribution in [2.75, 3.05) is 0 Å². The van der Waals surface area contributed by atoms with Crippen molar-refractivity contribution in [2.24, 2.45) is 0 Å². The summed E-state index contributed by atoms with van der Waals surface area (Å²) < 4.78 is 2.19. The Morgan fingerprint density at radius 3 is 2.08 bits per heavy atom. The van der Waals surface area contributed by atoms with Gasteiger partial charge in [0.25, 0.3) is 0 Å². The summed E-state index contributed by atoms with van der Waals surface area (Å²) >= 11 is 0. The second-order valence-electron chi connectivity index (χ2n) is 6.89. The second-order valence-corrected chi connectivity index (χ2v) is 6.89. The fourth-order valence-electron chi connectivity index (χ4n) is 3.73. The molecule has 3 nitrogen and oxygen atoms in total. The third-order valence-electron chi connectivity index (χ3n) is 5.11. The molecule has 2 aromatic carbocycles. The Labute approximate surface area is 147 Å². The lowest BCUT2D eigenvalue weighted by molar-refractivity contribution is -0.138. The molecule has 126 valence electrons. The van der Waals surface area contributed by atoms with Crippen LogP contribution in [0.15, 0.2) is 54.6 Å². The van der Waals surface area contributed by atoms with Crippen molar-refractivity contribution in [3.05, 3.63) is 71.4 Å². The van der Waals surface area contributed by atoms with Crippen LogP contribution >= 0.6 is 0 Å². The van der Waals surface area contributed by atoms with Gasteiger partial charge in [-0.2, -0.15) is 0 Å². The Morgan fingerprint density at radius 1 is 0.960 bits per heavy atom. The van der Waals surface area contributed by atoms with E-state index in [2.05, 4.69) is 73.0 Å². The van der Waals surface area contributed by atoms with Crippen molar-refractivity contribution < 1.29 is 9.90 Å². The summed E-state index contributed by atoms with van der Waals surface area (Å²) in [7, 11) is 0. The van der Waals surface area contributed by atoms with E-state index in [-0.39, 0.29) is 0 Å². The number of aromatic nitrogens is 1. The molecule has 0 fully saturated rings. The molecule has 3 heteroatoms. The van der Waals surface area contributed by atoms with Crippen LogP contribution in [0.2, 0.25) is 0 Å². The molecule has 0 spiro atoms. The first-order valence-corrected chi connectivity index (χ1v) is 8.65. The molecule has 1 aliphatic rings. The minimum Gasteiger partial charge on any atom is -0.481 e. The summed E-state index contributed by atoms with van der Waals surface area (Å²) in [6.45, 7) is 4.90. The lowest BCUT2D eigenvalue weighted by Crippen LogP contribution is -2.07. The van der Waals surface area contributed by atoms with Crippen molar-refractivity contribution in [1.82, 2.24) is 4.57 Å². The number of carboxylic acid groups (broad SMARTS) is 1. The lowest BCUT2D eigenvalue weighted by atomic mass is 9.97. The molecular formula is C22H21NO2. The van der Waals surface area contributed by atoms with Gasteiger partial charge in [-0.25, -0.2) is 0 Å². The standard InChI is InChI=1S/C22H21NO2/c1-14-3-7-16(8-4-14)19-13-20-18(22(24)25)11-12-23(20)21(19)17-9-5-15(2)6-10-17/h3-10,13,18H,11-12H2,1-2H3,(H,24,25). The number of nitrogens with zero attached hydrogens (tertiary/aromatic N) is 1. The van der Waals surface area contributed by atoms with Gasteiger partial charge in [-0.3, -0.25) is 4.79 Å². The molecule has 0 bridgehead atoms. The third kappa shape index (κ3) is 2.66. The summed E-state index contributed by atoms with van der Waals surface area (Å²) in [5.41, 5.74) is 7.87. The molecular weight excluding hydrogens is 310 g/mol. The Kier molecular flexibility index (Phi) is 3.72. The molecule has 3 aromatic rings. The van der Waals surface area contributed by atoms with Crippen LogP contribution in [0.25, 0.3) is 22.4 Å². The molecule has 1 N–H and O–H groups in total. The predicted molar refractivity (Wildman–Crippen MR) is 99.8 cm³/mol. The topological polar surface area (TPSA) is 42.2 Å². The van der Waals surface area contributed by atoms with Crippen LogP contribution in [-0.2, 0) is 11.3 Å². The van der Waals surface area contributed by atoms with E-state index >= 15 is 0 Å². The van der Waals surface area contributed by atoms with Crippen molar-refractivity contribution in [3.63, 3.8) is 0 Å². The van der Waals surface area contributed by atoms with Gasteiger partial charge in [0.15, 0.2) is 0 Å². The van der Waals surface area contributed by atoms with Crippen LogP contribution in [-0.4, -0.2) is 15.6 Å². The zero-order valence-electron chi connectivity index (χ0n) is 14.5. The number of rotatable bonds is 3. The van der Waals surface area contributed by atoms with Gasteiger partial charge in [-0.15, -0.1) is 0 Å². The van der Waals surface area contributed by atoms with Gasteiger partial charge in [0.05, 0.1) is 11.6 Å². The van der Waals surface area contributed by atoms with Crippen molar-refractivity contribution >= 4 is 5.97 Å². The molecule has 0 radical (unpaired) electrons. The Bertz CT molecular complexity index is 933. The molecule has 25 heavy (non-hydrogen) atoms. The monoisotopic (exact) mass is 331 g/mol. The third-order valence-corrected chi connectivity index (χ3v) is 5.11. The highest BCUT2D eigenvalue weighted by molar-refractivity contribution is 5.86.